The molecular formula is C11H12I2N2O5. The lowest BCUT2D eigenvalue weighted by Gasteiger charge is -2.17. The van der Waals surface area contributed by atoms with Crippen LogP contribution in [0.5, 0.6) is 0 Å². The Bertz CT molecular complexity index is 626. The molecule has 2 heterocycles. The Morgan fingerprint density at radius 1 is 1.50 bits per heavy atom. The van der Waals surface area contributed by atoms with Gasteiger partial charge in [-0.25, -0.2) is 4.79 Å². The quantitative estimate of drug-likeness (QED) is 0.396. The van der Waals surface area contributed by atoms with Crippen LogP contribution >= 0.6 is 45.2 Å². The van der Waals surface area contributed by atoms with Crippen LogP contribution in [0.1, 0.15) is 11.8 Å². The maximum absolute atomic E-state index is 11.9. The minimum Gasteiger partial charge on any atom is -0.394 e. The van der Waals surface area contributed by atoms with E-state index in [1.54, 1.807) is 10.2 Å². The fraction of sp³-hybridized carbons (Fsp3) is 0.455. The molecule has 1 fully saturated rings. The summed E-state index contributed by atoms with van der Waals surface area (Å²) >= 11 is 3.93. The maximum atomic E-state index is 11.9. The number of alkyl halides is 1. The molecule has 20 heavy (non-hydrogen) atoms. The number of aromatic nitrogens is 2. The first-order chi connectivity index (χ1) is 9.49. The number of hydrogen-bond acceptors (Lipinski definition) is 5. The molecule has 0 aliphatic carbocycles. The van der Waals surface area contributed by atoms with E-state index in [2.05, 4.69) is 4.98 Å². The number of hydrogen-bond donors (Lipinski definition) is 3. The first kappa shape index (κ1) is 16.1. The lowest BCUT2D eigenvalue weighted by molar-refractivity contribution is -0.0456. The summed E-state index contributed by atoms with van der Waals surface area (Å²) < 4.78 is 7.95. The van der Waals surface area contributed by atoms with Gasteiger partial charge in [0.15, 0.2) is 6.23 Å². The van der Waals surface area contributed by atoms with Gasteiger partial charge in [-0.15, -0.1) is 0 Å². The third-order valence-electron chi connectivity index (χ3n) is 2.99. The van der Waals surface area contributed by atoms with Gasteiger partial charge in [-0.1, -0.05) is 45.2 Å². The third kappa shape index (κ3) is 3.00. The van der Waals surface area contributed by atoms with Crippen LogP contribution in [0.4, 0.5) is 0 Å². The van der Waals surface area contributed by atoms with Crippen molar-refractivity contribution in [1.29, 1.82) is 0 Å². The van der Waals surface area contributed by atoms with Gasteiger partial charge in [-0.3, -0.25) is 14.3 Å². The molecule has 9 heteroatoms. The molecule has 1 aromatic rings. The topological polar surface area (TPSA) is 105 Å². The average molecular weight is 506 g/mol. The highest BCUT2D eigenvalue weighted by molar-refractivity contribution is 14.1. The zero-order chi connectivity index (χ0) is 14.9. The van der Waals surface area contributed by atoms with Crippen molar-refractivity contribution in [3.8, 4) is 0 Å². The fourth-order valence-corrected chi connectivity index (χ4v) is 3.32. The largest absolute Gasteiger partial charge is 0.394 e. The summed E-state index contributed by atoms with van der Waals surface area (Å²) in [7, 11) is 0. The molecule has 110 valence electrons. The number of aliphatic hydroxyl groups excluding tert-OH is 2. The van der Waals surface area contributed by atoms with Gasteiger partial charge in [0.2, 0.25) is 0 Å². The van der Waals surface area contributed by atoms with E-state index in [0.717, 1.165) is 0 Å². The second-order valence-electron chi connectivity index (χ2n) is 4.23. The number of aromatic amines is 1. The van der Waals surface area contributed by atoms with Crippen molar-refractivity contribution in [3.05, 3.63) is 36.7 Å². The molecule has 1 aliphatic heterocycles. The number of rotatable bonds is 3. The summed E-state index contributed by atoms with van der Waals surface area (Å²) in [5, 5.41) is 19.0. The molecule has 1 aliphatic rings. The third-order valence-corrected chi connectivity index (χ3v) is 4.70. The minimum atomic E-state index is -0.881. The van der Waals surface area contributed by atoms with Crippen molar-refractivity contribution >= 4 is 51.3 Å². The van der Waals surface area contributed by atoms with Crippen LogP contribution in [-0.4, -0.2) is 42.5 Å². The van der Waals surface area contributed by atoms with Crippen LogP contribution in [0.2, 0.25) is 0 Å². The van der Waals surface area contributed by atoms with E-state index in [4.69, 9.17) is 9.84 Å². The number of nitrogens with zero attached hydrogens (tertiary/aromatic N) is 1. The standard InChI is InChI=1S/C11H12I2N2O5/c12-2-1-5-3-15(11(19)14-9(5)18)10-7(13)8(17)6(4-16)20-10/h1-3,6-8,10,16-17H,4H2,(H,14,18,19)/t6-,7-,8-,10-/m1/s1. The fourth-order valence-electron chi connectivity index (χ4n) is 1.95. The summed E-state index contributed by atoms with van der Waals surface area (Å²) in [6.07, 6.45) is 0.580. The highest BCUT2D eigenvalue weighted by atomic mass is 127. The van der Waals surface area contributed by atoms with Gasteiger partial charge < -0.3 is 14.9 Å². The smallest absolute Gasteiger partial charge is 0.330 e. The van der Waals surface area contributed by atoms with Crippen molar-refractivity contribution in [2.75, 3.05) is 6.61 Å². The minimum absolute atomic E-state index is 0.313. The molecular weight excluding hydrogens is 494 g/mol. The maximum Gasteiger partial charge on any atom is 0.330 e. The van der Waals surface area contributed by atoms with Gasteiger partial charge in [-0.2, -0.15) is 0 Å². The first-order valence-corrected chi connectivity index (χ1v) is 8.19. The molecule has 2 rings (SSSR count). The lowest BCUT2D eigenvalue weighted by Crippen LogP contribution is -2.36. The van der Waals surface area contributed by atoms with Gasteiger partial charge >= 0.3 is 5.69 Å². The molecule has 0 spiro atoms. The summed E-state index contributed by atoms with van der Waals surface area (Å²) in [4.78, 5) is 25.7. The Labute approximate surface area is 140 Å². The molecule has 1 saturated heterocycles. The van der Waals surface area contributed by atoms with E-state index in [9.17, 15) is 14.7 Å². The average Bonchev–Trinajstić information content (AvgIpc) is 2.70. The predicted octanol–water partition coefficient (Wildman–Crippen LogP) is -0.00350. The highest BCUT2D eigenvalue weighted by Crippen LogP contribution is 2.33. The van der Waals surface area contributed by atoms with Crippen LogP contribution < -0.4 is 11.2 Å². The molecule has 0 bridgehead atoms. The number of aliphatic hydroxyl groups is 2. The second-order valence-corrected chi connectivity index (χ2v) is 6.38. The van der Waals surface area contributed by atoms with E-state index >= 15 is 0 Å². The molecule has 4 atom stereocenters. The molecule has 0 radical (unpaired) electrons. The number of nitrogens with one attached hydrogen (secondary N) is 1. The summed E-state index contributed by atoms with van der Waals surface area (Å²) in [6.45, 7) is -0.338. The van der Waals surface area contributed by atoms with Crippen molar-refractivity contribution in [1.82, 2.24) is 9.55 Å². The van der Waals surface area contributed by atoms with Crippen LogP contribution in [0, 0.1) is 0 Å². The number of ether oxygens (including phenoxy) is 1. The lowest BCUT2D eigenvalue weighted by atomic mass is 10.2. The number of halogens is 2. The van der Waals surface area contributed by atoms with Crippen LogP contribution in [-0.2, 0) is 4.74 Å². The van der Waals surface area contributed by atoms with Crippen molar-refractivity contribution in [2.45, 2.75) is 22.4 Å². The molecule has 1 aromatic heterocycles. The van der Waals surface area contributed by atoms with Crippen molar-refractivity contribution in [3.63, 3.8) is 0 Å². The molecule has 3 N–H and O–H groups in total. The molecule has 7 nitrogen and oxygen atoms in total. The van der Waals surface area contributed by atoms with E-state index in [1.165, 1.54) is 10.8 Å². The normalized spacial score (nSPS) is 30.2. The van der Waals surface area contributed by atoms with E-state index in [-0.39, 0.29) is 6.61 Å². The Balaban J connectivity index is 2.46. The molecule has 0 saturated carbocycles. The van der Waals surface area contributed by atoms with Crippen LogP contribution in [0.15, 0.2) is 19.9 Å². The molecule has 0 unspecified atom stereocenters. The summed E-state index contributed by atoms with van der Waals surface area (Å²) in [6, 6.07) is 0. The first-order valence-electron chi connectivity index (χ1n) is 5.70. The zero-order valence-electron chi connectivity index (χ0n) is 10.1. The Hall–Kier alpha value is -0.240. The SMILES string of the molecule is O=c1[nH]c(=O)n([C@@H]2O[C@H](CO)[C@@H](O)[C@H]2I)cc1C=CI. The monoisotopic (exact) mass is 506 g/mol. The second kappa shape index (κ2) is 6.68. The van der Waals surface area contributed by atoms with E-state index < -0.39 is 33.6 Å². The van der Waals surface area contributed by atoms with Gasteiger partial charge in [0, 0.05) is 6.20 Å². The Morgan fingerprint density at radius 2 is 2.20 bits per heavy atom. The Kier molecular flexibility index (Phi) is 5.39. The van der Waals surface area contributed by atoms with Crippen molar-refractivity contribution < 1.29 is 14.9 Å². The van der Waals surface area contributed by atoms with Crippen LogP contribution in [0.25, 0.3) is 6.08 Å². The summed E-state index contributed by atoms with van der Waals surface area (Å²) in [5.41, 5.74) is -0.785. The Morgan fingerprint density at radius 3 is 2.75 bits per heavy atom. The van der Waals surface area contributed by atoms with Gasteiger partial charge in [0.05, 0.1) is 22.2 Å². The van der Waals surface area contributed by atoms with E-state index in [1.807, 2.05) is 45.2 Å². The van der Waals surface area contributed by atoms with Gasteiger partial charge in [-0.05, 0) is 10.2 Å². The molecule has 0 amide bonds. The number of H-pyrrole nitrogens is 1. The zero-order valence-corrected chi connectivity index (χ0v) is 14.4. The summed E-state index contributed by atoms with van der Waals surface area (Å²) in [5.74, 6) is 0. The van der Waals surface area contributed by atoms with E-state index in [0.29, 0.717) is 5.56 Å². The van der Waals surface area contributed by atoms with Crippen molar-refractivity contribution in [2.24, 2.45) is 0 Å². The highest BCUT2D eigenvalue weighted by Gasteiger charge is 2.43. The van der Waals surface area contributed by atoms with Gasteiger partial charge in [0.25, 0.3) is 5.56 Å². The molecule has 0 aromatic carbocycles. The van der Waals surface area contributed by atoms with Crippen LogP contribution in [0.3, 0.4) is 0 Å². The van der Waals surface area contributed by atoms with Gasteiger partial charge in [0.1, 0.15) is 6.10 Å². The predicted molar refractivity (Wildman–Crippen MR) is 89.2 cm³/mol.